The van der Waals surface area contributed by atoms with E-state index in [1.54, 1.807) is 11.8 Å². The Bertz CT molecular complexity index is 444. The lowest BCUT2D eigenvalue weighted by atomic mass is 9.88. The molecule has 5 nitrogen and oxygen atoms in total. The maximum atomic E-state index is 12.2. The van der Waals surface area contributed by atoms with Crippen LogP contribution in [0.25, 0.3) is 0 Å². The Labute approximate surface area is 133 Å². The minimum atomic E-state index is -3.07. The van der Waals surface area contributed by atoms with Crippen LogP contribution in [0.15, 0.2) is 0 Å². The molecular formula is C14H29N3O2S2. The second-order valence-electron chi connectivity index (χ2n) is 6.27. The average Bonchev–Trinajstić information content (AvgIpc) is 2.69. The summed E-state index contributed by atoms with van der Waals surface area (Å²) in [5, 5.41) is -0.368. The number of nitrogens with zero attached hydrogens (tertiary/aromatic N) is 2. The number of hydrogen-bond acceptors (Lipinski definition) is 6. The predicted octanol–water partition coefficient (Wildman–Crippen LogP) is 0.609. The van der Waals surface area contributed by atoms with Crippen LogP contribution in [0.5, 0.6) is 0 Å². The van der Waals surface area contributed by atoms with E-state index in [1.807, 2.05) is 0 Å². The van der Waals surface area contributed by atoms with Crippen LogP contribution in [0.4, 0.5) is 0 Å². The second-order valence-corrected chi connectivity index (χ2v) is 9.62. The first-order valence-corrected chi connectivity index (χ1v) is 11.0. The maximum absolute atomic E-state index is 12.2. The van der Waals surface area contributed by atoms with Gasteiger partial charge in [0, 0.05) is 36.4 Å². The fraction of sp³-hybridized carbons (Fsp3) is 1.00. The van der Waals surface area contributed by atoms with Crippen molar-refractivity contribution in [2.24, 2.45) is 5.73 Å². The van der Waals surface area contributed by atoms with E-state index in [0.717, 1.165) is 51.2 Å². The van der Waals surface area contributed by atoms with Gasteiger partial charge in [-0.3, -0.25) is 4.90 Å². The molecule has 0 spiro atoms. The summed E-state index contributed by atoms with van der Waals surface area (Å²) in [5.41, 5.74) is 6.03. The van der Waals surface area contributed by atoms with Gasteiger partial charge in [0.2, 0.25) is 0 Å². The third kappa shape index (κ3) is 3.93. The van der Waals surface area contributed by atoms with Crippen LogP contribution >= 0.6 is 11.8 Å². The lowest BCUT2D eigenvalue weighted by Gasteiger charge is -2.48. The van der Waals surface area contributed by atoms with Crippen molar-refractivity contribution in [3.8, 4) is 0 Å². The average molecular weight is 336 g/mol. The van der Waals surface area contributed by atoms with Gasteiger partial charge < -0.3 is 10.6 Å². The van der Waals surface area contributed by atoms with Crippen LogP contribution < -0.4 is 5.73 Å². The first-order valence-electron chi connectivity index (χ1n) is 7.89. The van der Waals surface area contributed by atoms with E-state index < -0.39 is 9.84 Å². The Hall–Kier alpha value is 0.180. The van der Waals surface area contributed by atoms with Crippen molar-refractivity contribution >= 4 is 21.6 Å². The zero-order valence-electron chi connectivity index (χ0n) is 13.3. The summed E-state index contributed by atoms with van der Waals surface area (Å²) in [6, 6.07) is 0. The van der Waals surface area contributed by atoms with Crippen LogP contribution in [-0.4, -0.2) is 79.6 Å². The molecule has 0 aromatic rings. The summed E-state index contributed by atoms with van der Waals surface area (Å²) in [6.45, 7) is 6.77. The molecular weight excluding hydrogens is 306 g/mol. The lowest BCUT2D eigenvalue weighted by Crippen LogP contribution is -2.62. The topological polar surface area (TPSA) is 66.6 Å². The van der Waals surface area contributed by atoms with E-state index in [4.69, 9.17) is 5.73 Å². The minimum Gasteiger partial charge on any atom is -0.329 e. The molecule has 0 radical (unpaired) electrons. The molecule has 2 atom stereocenters. The van der Waals surface area contributed by atoms with Crippen molar-refractivity contribution in [3.63, 3.8) is 0 Å². The largest absolute Gasteiger partial charge is 0.329 e. The van der Waals surface area contributed by atoms with Gasteiger partial charge in [0.25, 0.3) is 0 Å². The highest BCUT2D eigenvalue weighted by Gasteiger charge is 2.44. The van der Waals surface area contributed by atoms with Gasteiger partial charge in [-0.05, 0) is 38.9 Å². The predicted molar refractivity (Wildman–Crippen MR) is 90.4 cm³/mol. The molecule has 0 aliphatic carbocycles. The third-order valence-corrected chi connectivity index (χ3v) is 7.67. The van der Waals surface area contributed by atoms with Crippen molar-refractivity contribution < 1.29 is 8.42 Å². The van der Waals surface area contributed by atoms with Gasteiger partial charge in [-0.1, -0.05) is 6.92 Å². The number of sulfone groups is 1. The quantitative estimate of drug-likeness (QED) is 0.812. The highest BCUT2D eigenvalue weighted by atomic mass is 32.2. The summed E-state index contributed by atoms with van der Waals surface area (Å²) in [5.74, 6) is 1.68. The summed E-state index contributed by atoms with van der Waals surface area (Å²) in [6.07, 6.45) is 4.46. The smallest absolute Gasteiger partial charge is 0.164 e. The van der Waals surface area contributed by atoms with E-state index in [0.29, 0.717) is 12.3 Å². The molecule has 0 aromatic heterocycles. The normalized spacial score (nSPS) is 33.8. The summed E-state index contributed by atoms with van der Waals surface area (Å²) in [4.78, 5) is 4.68. The summed E-state index contributed by atoms with van der Waals surface area (Å²) in [7, 11) is -3.07. The minimum absolute atomic E-state index is 0.140. The number of thioether (sulfide) groups is 1. The zero-order chi connectivity index (χ0) is 15.5. The molecule has 21 heavy (non-hydrogen) atoms. The number of hydrogen-bond donors (Lipinski definition) is 1. The van der Waals surface area contributed by atoms with Crippen LogP contribution in [-0.2, 0) is 9.84 Å². The first kappa shape index (κ1) is 17.5. The first-order chi connectivity index (χ1) is 9.93. The van der Waals surface area contributed by atoms with Gasteiger partial charge in [0.15, 0.2) is 9.84 Å². The number of rotatable bonds is 4. The van der Waals surface area contributed by atoms with E-state index in [2.05, 4.69) is 16.7 Å². The second kappa shape index (κ2) is 7.17. The number of likely N-dealkylation sites (tertiary alicyclic amines) is 1. The Balaban J connectivity index is 2.24. The molecule has 7 heteroatoms. The molecule has 2 unspecified atom stereocenters. The van der Waals surface area contributed by atoms with E-state index >= 15 is 0 Å². The molecule has 2 fully saturated rings. The molecule has 2 heterocycles. The molecule has 2 N–H and O–H groups in total. The van der Waals surface area contributed by atoms with Gasteiger partial charge in [-0.15, -0.1) is 0 Å². The molecule has 2 rings (SSSR count). The van der Waals surface area contributed by atoms with Crippen molar-refractivity contribution in [2.45, 2.75) is 37.1 Å². The molecule has 2 aliphatic heterocycles. The Morgan fingerprint density at radius 1 is 1.29 bits per heavy atom. The van der Waals surface area contributed by atoms with Crippen LogP contribution in [0, 0.1) is 0 Å². The van der Waals surface area contributed by atoms with Gasteiger partial charge in [0.05, 0.1) is 0 Å². The molecule has 2 aliphatic rings. The van der Waals surface area contributed by atoms with E-state index in [9.17, 15) is 8.42 Å². The van der Waals surface area contributed by atoms with Gasteiger partial charge in [0.1, 0.15) is 5.37 Å². The van der Waals surface area contributed by atoms with Crippen LogP contribution in [0.3, 0.4) is 0 Å². The van der Waals surface area contributed by atoms with Gasteiger partial charge in [-0.2, -0.15) is 11.8 Å². The maximum Gasteiger partial charge on any atom is 0.164 e. The third-order valence-electron chi connectivity index (χ3n) is 5.03. The van der Waals surface area contributed by atoms with E-state index in [-0.39, 0.29) is 10.9 Å². The fourth-order valence-corrected chi connectivity index (χ4v) is 6.58. The fourth-order valence-electron chi connectivity index (χ4n) is 3.64. The van der Waals surface area contributed by atoms with Crippen LogP contribution in [0.2, 0.25) is 0 Å². The van der Waals surface area contributed by atoms with E-state index in [1.165, 1.54) is 6.26 Å². The van der Waals surface area contributed by atoms with Crippen molar-refractivity contribution in [1.29, 1.82) is 0 Å². The zero-order valence-corrected chi connectivity index (χ0v) is 14.9. The summed E-state index contributed by atoms with van der Waals surface area (Å²) >= 11 is 1.75. The van der Waals surface area contributed by atoms with Gasteiger partial charge >= 0.3 is 0 Å². The van der Waals surface area contributed by atoms with Crippen molar-refractivity contribution in [2.75, 3.05) is 50.5 Å². The Kier molecular flexibility index (Phi) is 5.99. The standard InChI is InChI=1S/C14H29N3O2S2/c1-3-16-7-4-5-14(12-15,6-8-16)17-9-10-20-11-13(17)21(2,18)19/h13H,3-12,15H2,1-2H3. The highest BCUT2D eigenvalue weighted by Crippen LogP contribution is 2.34. The molecule has 124 valence electrons. The van der Waals surface area contributed by atoms with Crippen LogP contribution in [0.1, 0.15) is 26.2 Å². The molecule has 0 saturated carbocycles. The lowest BCUT2D eigenvalue weighted by molar-refractivity contribution is 0.0740. The number of nitrogens with two attached hydrogens (primary N) is 1. The highest BCUT2D eigenvalue weighted by molar-refractivity contribution is 8.00. The van der Waals surface area contributed by atoms with Crippen molar-refractivity contribution in [3.05, 3.63) is 0 Å². The molecule has 0 bridgehead atoms. The Morgan fingerprint density at radius 3 is 2.67 bits per heavy atom. The van der Waals surface area contributed by atoms with Crippen molar-refractivity contribution in [1.82, 2.24) is 9.80 Å². The summed E-state index contributed by atoms with van der Waals surface area (Å²) < 4.78 is 24.4. The monoisotopic (exact) mass is 335 g/mol. The molecule has 0 amide bonds. The van der Waals surface area contributed by atoms with Gasteiger partial charge in [-0.25, -0.2) is 8.42 Å². The molecule has 0 aromatic carbocycles. The SMILES string of the molecule is CCN1CCCC(CN)(N2CCSCC2S(C)(=O)=O)CC1. The molecule has 2 saturated heterocycles. The Morgan fingerprint density at radius 2 is 2.05 bits per heavy atom.